The highest BCUT2D eigenvalue weighted by molar-refractivity contribution is 9.10. The fourth-order valence-electron chi connectivity index (χ4n) is 3.62. The summed E-state index contributed by atoms with van der Waals surface area (Å²) in [7, 11) is 0. The maximum atomic E-state index is 13.6. The molecule has 0 unspecified atom stereocenters. The number of hydrogen-bond donors (Lipinski definition) is 1. The first kappa shape index (κ1) is 22.4. The summed E-state index contributed by atoms with van der Waals surface area (Å²) < 4.78 is 16.2. The van der Waals surface area contributed by atoms with Crippen molar-refractivity contribution in [2.75, 3.05) is 4.90 Å². The molecule has 0 radical (unpaired) electrons. The first-order chi connectivity index (χ1) is 15.2. The van der Waals surface area contributed by atoms with Crippen molar-refractivity contribution in [3.8, 4) is 5.69 Å². The topological polar surface area (TPSA) is 54.3 Å². The van der Waals surface area contributed by atoms with Gasteiger partial charge in [0.15, 0.2) is 5.11 Å². The minimum atomic E-state index is -0.569. The number of amides is 2. The number of aryl methyl sites for hydroxylation is 1. The molecular weight excluding hydrogens is 517 g/mol. The van der Waals surface area contributed by atoms with Gasteiger partial charge in [-0.25, -0.2) is 4.39 Å². The van der Waals surface area contributed by atoms with E-state index in [9.17, 15) is 14.0 Å². The molecule has 1 saturated heterocycles. The zero-order valence-electron chi connectivity index (χ0n) is 16.9. The van der Waals surface area contributed by atoms with E-state index in [1.54, 1.807) is 24.3 Å². The molecule has 0 aliphatic carbocycles. The molecule has 0 spiro atoms. The van der Waals surface area contributed by atoms with E-state index in [0.717, 1.165) is 15.9 Å². The average molecular weight is 533 g/mol. The molecule has 0 bridgehead atoms. The van der Waals surface area contributed by atoms with Gasteiger partial charge in [-0.05, 0) is 80.2 Å². The van der Waals surface area contributed by atoms with Crippen LogP contribution >= 0.6 is 39.7 Å². The number of nitrogens with zero attached hydrogens (tertiary/aromatic N) is 2. The lowest BCUT2D eigenvalue weighted by molar-refractivity contribution is -0.122. The predicted octanol–water partition coefficient (Wildman–Crippen LogP) is 5.48. The number of nitrogens with one attached hydrogen (secondary N) is 1. The van der Waals surface area contributed by atoms with Gasteiger partial charge in [-0.15, -0.1) is 0 Å². The molecule has 5 nitrogen and oxygen atoms in total. The Hall–Kier alpha value is -2.81. The van der Waals surface area contributed by atoms with Crippen LogP contribution in [0.5, 0.6) is 0 Å². The maximum absolute atomic E-state index is 13.6. The molecule has 2 heterocycles. The zero-order valence-corrected chi connectivity index (χ0v) is 20.1. The van der Waals surface area contributed by atoms with Crippen LogP contribution in [-0.4, -0.2) is 21.5 Å². The summed E-state index contributed by atoms with van der Waals surface area (Å²) in [6.07, 6.45) is 1.54. The van der Waals surface area contributed by atoms with Crippen LogP contribution in [0.2, 0.25) is 5.02 Å². The number of hydrogen-bond acceptors (Lipinski definition) is 3. The van der Waals surface area contributed by atoms with E-state index in [2.05, 4.69) is 21.2 Å². The van der Waals surface area contributed by atoms with Crippen LogP contribution in [0, 0.1) is 19.7 Å². The molecule has 1 aliphatic rings. The van der Waals surface area contributed by atoms with Crippen LogP contribution in [-0.2, 0) is 9.59 Å². The van der Waals surface area contributed by atoms with Crippen LogP contribution < -0.4 is 10.2 Å². The number of anilines is 1. The molecular formula is C23H16BrClFN3O2S. The van der Waals surface area contributed by atoms with E-state index in [0.29, 0.717) is 16.9 Å². The molecule has 2 amide bonds. The summed E-state index contributed by atoms with van der Waals surface area (Å²) in [4.78, 5) is 27.2. The summed E-state index contributed by atoms with van der Waals surface area (Å²) in [5, 5.41) is 2.61. The fraction of sp³-hybridized carbons (Fsp3) is 0.0870. The van der Waals surface area contributed by atoms with E-state index >= 15 is 0 Å². The highest BCUT2D eigenvalue weighted by Gasteiger charge is 2.34. The first-order valence-electron chi connectivity index (χ1n) is 9.49. The third-order valence-electron chi connectivity index (χ3n) is 5.10. The highest BCUT2D eigenvalue weighted by Crippen LogP contribution is 2.28. The Labute approximate surface area is 202 Å². The fourth-order valence-corrected chi connectivity index (χ4v) is 4.46. The quantitative estimate of drug-likeness (QED) is 0.276. The smallest absolute Gasteiger partial charge is 0.270 e. The van der Waals surface area contributed by atoms with E-state index in [-0.39, 0.29) is 15.7 Å². The molecule has 0 saturated carbocycles. The Morgan fingerprint density at radius 1 is 1.09 bits per heavy atom. The number of aromatic nitrogens is 1. The van der Waals surface area contributed by atoms with Gasteiger partial charge < -0.3 is 4.57 Å². The van der Waals surface area contributed by atoms with E-state index in [1.165, 1.54) is 23.1 Å². The second-order valence-corrected chi connectivity index (χ2v) is 8.91. The Kier molecular flexibility index (Phi) is 6.03. The first-order valence-corrected chi connectivity index (χ1v) is 11.1. The van der Waals surface area contributed by atoms with Gasteiger partial charge in [0.05, 0.1) is 10.7 Å². The van der Waals surface area contributed by atoms with Crippen molar-refractivity contribution in [1.29, 1.82) is 0 Å². The van der Waals surface area contributed by atoms with Crippen LogP contribution in [0.3, 0.4) is 0 Å². The maximum Gasteiger partial charge on any atom is 0.270 e. The molecule has 1 aliphatic heterocycles. The van der Waals surface area contributed by atoms with Crippen molar-refractivity contribution in [3.63, 3.8) is 0 Å². The lowest BCUT2D eigenvalue weighted by Crippen LogP contribution is -2.54. The summed E-state index contributed by atoms with van der Waals surface area (Å²) in [6, 6.07) is 13.4. The Morgan fingerprint density at radius 2 is 1.84 bits per heavy atom. The average Bonchev–Trinajstić information content (AvgIpc) is 3.00. The Bertz CT molecular complexity index is 1330. The molecule has 0 atom stereocenters. The molecule has 1 N–H and O–H groups in total. The molecule has 3 aromatic rings. The molecule has 162 valence electrons. The summed E-state index contributed by atoms with van der Waals surface area (Å²) in [5.74, 6) is -1.60. The monoisotopic (exact) mass is 531 g/mol. The third-order valence-corrected chi connectivity index (χ3v) is 6.17. The summed E-state index contributed by atoms with van der Waals surface area (Å²) >= 11 is 14.6. The minimum absolute atomic E-state index is 0.00918. The van der Waals surface area contributed by atoms with Crippen LogP contribution in [0.25, 0.3) is 11.8 Å². The van der Waals surface area contributed by atoms with Crippen molar-refractivity contribution < 1.29 is 14.0 Å². The lowest BCUT2D eigenvalue weighted by atomic mass is 10.1. The Balaban J connectivity index is 1.77. The normalized spacial score (nSPS) is 15.5. The van der Waals surface area contributed by atoms with Crippen LogP contribution in [0.15, 0.2) is 58.6 Å². The number of halogens is 3. The summed E-state index contributed by atoms with van der Waals surface area (Å²) in [5.41, 5.74) is 3.43. The van der Waals surface area contributed by atoms with Gasteiger partial charge in [-0.3, -0.25) is 19.8 Å². The lowest BCUT2D eigenvalue weighted by Gasteiger charge is -2.29. The predicted molar refractivity (Wildman–Crippen MR) is 131 cm³/mol. The number of rotatable bonds is 3. The number of thiocarbonyl (C=S) groups is 1. The molecule has 1 aromatic heterocycles. The third kappa shape index (κ3) is 4.01. The largest absolute Gasteiger partial charge is 0.318 e. The highest BCUT2D eigenvalue weighted by atomic mass is 79.9. The van der Waals surface area contributed by atoms with Gasteiger partial charge in [0.1, 0.15) is 11.4 Å². The standard InChI is InChI=1S/C23H16BrClFN3O2S/c1-12-8-14(13(2)28(12)17-6-7-20(26)19(25)11-17)9-18-21(30)27-23(32)29(22(18)31)16-5-3-4-15(24)10-16/h3-11H,1-2H3,(H,27,30,32)/b18-9+. The van der Waals surface area contributed by atoms with Gasteiger partial charge in [0.25, 0.3) is 11.8 Å². The molecule has 32 heavy (non-hydrogen) atoms. The Morgan fingerprint density at radius 3 is 2.53 bits per heavy atom. The number of benzene rings is 2. The molecule has 1 fully saturated rings. The number of carbonyl (C=O) groups excluding carboxylic acids is 2. The SMILES string of the molecule is Cc1cc(/C=C2\C(=O)NC(=S)N(c3cccc(Br)c3)C2=O)c(C)n1-c1ccc(F)c(Cl)c1. The summed E-state index contributed by atoms with van der Waals surface area (Å²) in [6.45, 7) is 3.72. The van der Waals surface area contributed by atoms with Gasteiger partial charge in [0.2, 0.25) is 0 Å². The van der Waals surface area contributed by atoms with E-state index < -0.39 is 17.6 Å². The molecule has 2 aromatic carbocycles. The number of carbonyl (C=O) groups is 2. The van der Waals surface area contributed by atoms with Crippen molar-refractivity contribution in [1.82, 2.24) is 9.88 Å². The van der Waals surface area contributed by atoms with Crippen LogP contribution in [0.4, 0.5) is 10.1 Å². The van der Waals surface area contributed by atoms with Crippen molar-refractivity contribution in [2.45, 2.75) is 13.8 Å². The van der Waals surface area contributed by atoms with Crippen LogP contribution in [0.1, 0.15) is 17.0 Å². The van der Waals surface area contributed by atoms with Crippen molar-refractivity contribution in [2.24, 2.45) is 0 Å². The second-order valence-electron chi connectivity index (χ2n) is 7.20. The van der Waals surface area contributed by atoms with Gasteiger partial charge in [-0.2, -0.15) is 0 Å². The van der Waals surface area contributed by atoms with Gasteiger partial charge in [-0.1, -0.05) is 33.6 Å². The van der Waals surface area contributed by atoms with Crippen molar-refractivity contribution >= 4 is 68.4 Å². The second kappa shape index (κ2) is 8.61. The minimum Gasteiger partial charge on any atom is -0.318 e. The van der Waals surface area contributed by atoms with Gasteiger partial charge in [0, 0.05) is 21.5 Å². The zero-order chi connectivity index (χ0) is 23.2. The van der Waals surface area contributed by atoms with E-state index in [4.69, 9.17) is 23.8 Å². The van der Waals surface area contributed by atoms with E-state index in [1.807, 2.05) is 30.5 Å². The molecule has 4 rings (SSSR count). The van der Waals surface area contributed by atoms with Gasteiger partial charge >= 0.3 is 0 Å². The molecule has 9 heteroatoms. The van der Waals surface area contributed by atoms with Crippen molar-refractivity contribution in [3.05, 3.63) is 86.4 Å².